The number of hydrogen-bond acceptors (Lipinski definition) is 1. The number of hydrogen-bond donors (Lipinski definition) is 2. The summed E-state index contributed by atoms with van der Waals surface area (Å²) in [6.45, 7) is 8.85. The van der Waals surface area contributed by atoms with E-state index in [0.29, 0.717) is 18.5 Å². The largest absolute Gasteiger partial charge is 0.332 e. The molecular weight excluding hydrogens is 284 g/mol. The third kappa shape index (κ3) is 4.67. The fraction of sp³-hybridized carbons (Fsp3) is 0.350. The summed E-state index contributed by atoms with van der Waals surface area (Å²) in [5, 5.41) is 5.18. The predicted molar refractivity (Wildman–Crippen MR) is 95.4 cm³/mol. The zero-order valence-electron chi connectivity index (χ0n) is 14.5. The van der Waals surface area contributed by atoms with Crippen LogP contribution in [0.4, 0.5) is 5.69 Å². The summed E-state index contributed by atoms with van der Waals surface area (Å²) in [5.41, 5.74) is 4.40. The summed E-state index contributed by atoms with van der Waals surface area (Å²) in [7, 11) is 0. The zero-order valence-corrected chi connectivity index (χ0v) is 14.5. The summed E-state index contributed by atoms with van der Waals surface area (Å²) >= 11 is 0. The number of carbonyl (C=O) groups is 1. The molecule has 1 atom stereocenters. The average molecular weight is 311 g/mol. The Morgan fingerprint density at radius 2 is 1.61 bits per heavy atom. The topological polar surface area (TPSA) is 45.7 Å². The molecule has 3 N–H and O–H groups in total. The van der Waals surface area contributed by atoms with Crippen molar-refractivity contribution in [1.29, 1.82) is 0 Å². The smallest absolute Gasteiger partial charge is 0.279 e. The molecule has 3 heteroatoms. The SMILES string of the molecule is Cc1cccc(C)c1NC(=O)C[NH2+][C@H](c1ccccc1)C(C)C. The molecule has 0 heterocycles. The molecule has 2 aromatic carbocycles. The van der Waals surface area contributed by atoms with Crippen molar-refractivity contribution >= 4 is 11.6 Å². The van der Waals surface area contributed by atoms with E-state index in [2.05, 4.69) is 48.7 Å². The Morgan fingerprint density at radius 3 is 2.17 bits per heavy atom. The van der Waals surface area contributed by atoms with Crippen molar-refractivity contribution in [2.24, 2.45) is 5.92 Å². The van der Waals surface area contributed by atoms with E-state index in [1.807, 2.05) is 38.1 Å². The zero-order chi connectivity index (χ0) is 16.8. The van der Waals surface area contributed by atoms with Gasteiger partial charge in [-0.15, -0.1) is 0 Å². The van der Waals surface area contributed by atoms with Crippen LogP contribution in [0.3, 0.4) is 0 Å². The Balaban J connectivity index is 2.00. The number of nitrogens with two attached hydrogens (primary N) is 1. The summed E-state index contributed by atoms with van der Waals surface area (Å²) in [6, 6.07) is 16.7. The van der Waals surface area contributed by atoms with E-state index in [0.717, 1.165) is 16.8 Å². The van der Waals surface area contributed by atoms with Crippen LogP contribution in [0.25, 0.3) is 0 Å². The monoisotopic (exact) mass is 311 g/mol. The van der Waals surface area contributed by atoms with Crippen molar-refractivity contribution in [3.05, 3.63) is 65.2 Å². The fourth-order valence-corrected chi connectivity index (χ4v) is 2.90. The molecule has 0 saturated carbocycles. The van der Waals surface area contributed by atoms with Crippen molar-refractivity contribution < 1.29 is 10.1 Å². The average Bonchev–Trinajstić information content (AvgIpc) is 2.52. The number of carbonyl (C=O) groups excluding carboxylic acids is 1. The van der Waals surface area contributed by atoms with Gasteiger partial charge in [0.05, 0.1) is 0 Å². The highest BCUT2D eigenvalue weighted by molar-refractivity contribution is 5.92. The minimum absolute atomic E-state index is 0.0454. The number of amides is 1. The van der Waals surface area contributed by atoms with E-state index < -0.39 is 0 Å². The molecule has 0 saturated heterocycles. The van der Waals surface area contributed by atoms with Crippen molar-refractivity contribution in [2.45, 2.75) is 33.7 Å². The lowest BCUT2D eigenvalue weighted by Gasteiger charge is -2.19. The normalized spacial score (nSPS) is 12.2. The molecule has 0 aliphatic carbocycles. The van der Waals surface area contributed by atoms with Crippen LogP contribution in [0.2, 0.25) is 0 Å². The van der Waals surface area contributed by atoms with E-state index >= 15 is 0 Å². The second kappa shape index (κ2) is 7.93. The van der Waals surface area contributed by atoms with E-state index in [4.69, 9.17) is 0 Å². The maximum atomic E-state index is 12.3. The number of aryl methyl sites for hydroxylation is 2. The molecule has 1 amide bonds. The molecule has 0 unspecified atom stereocenters. The Bertz CT molecular complexity index is 630. The molecule has 0 aromatic heterocycles. The van der Waals surface area contributed by atoms with Gasteiger partial charge in [0.15, 0.2) is 6.54 Å². The Labute approximate surface area is 139 Å². The van der Waals surface area contributed by atoms with Crippen LogP contribution >= 0.6 is 0 Å². The van der Waals surface area contributed by atoms with Crippen molar-refractivity contribution in [2.75, 3.05) is 11.9 Å². The molecule has 0 spiro atoms. The van der Waals surface area contributed by atoms with Gasteiger partial charge in [0.1, 0.15) is 6.04 Å². The third-order valence-electron chi connectivity index (χ3n) is 4.21. The quantitative estimate of drug-likeness (QED) is 0.845. The van der Waals surface area contributed by atoms with Gasteiger partial charge in [-0.05, 0) is 25.0 Å². The number of rotatable bonds is 6. The van der Waals surface area contributed by atoms with Gasteiger partial charge in [-0.2, -0.15) is 0 Å². The van der Waals surface area contributed by atoms with Crippen molar-refractivity contribution in [3.8, 4) is 0 Å². The molecule has 23 heavy (non-hydrogen) atoms. The fourth-order valence-electron chi connectivity index (χ4n) is 2.90. The maximum Gasteiger partial charge on any atom is 0.279 e. The number of quaternary nitrogens is 1. The van der Waals surface area contributed by atoms with Gasteiger partial charge in [0, 0.05) is 17.2 Å². The number of para-hydroxylation sites is 1. The maximum absolute atomic E-state index is 12.3. The molecule has 0 bridgehead atoms. The third-order valence-corrected chi connectivity index (χ3v) is 4.21. The molecule has 0 aliphatic rings. The van der Waals surface area contributed by atoms with Crippen molar-refractivity contribution in [1.82, 2.24) is 0 Å². The lowest BCUT2D eigenvalue weighted by atomic mass is 9.96. The van der Waals surface area contributed by atoms with Crippen molar-refractivity contribution in [3.63, 3.8) is 0 Å². The molecular formula is C20H27N2O+. The van der Waals surface area contributed by atoms with Gasteiger partial charge in [-0.3, -0.25) is 4.79 Å². The highest BCUT2D eigenvalue weighted by Crippen LogP contribution is 2.19. The first-order chi connectivity index (χ1) is 11.0. The van der Waals surface area contributed by atoms with E-state index in [9.17, 15) is 4.79 Å². The van der Waals surface area contributed by atoms with Gasteiger partial charge >= 0.3 is 0 Å². The van der Waals surface area contributed by atoms with Gasteiger partial charge < -0.3 is 10.6 Å². The number of anilines is 1. The van der Waals surface area contributed by atoms with E-state index in [-0.39, 0.29) is 5.91 Å². The summed E-state index contributed by atoms with van der Waals surface area (Å²) < 4.78 is 0. The molecule has 122 valence electrons. The molecule has 0 fully saturated rings. The second-order valence-corrected chi connectivity index (χ2v) is 6.44. The van der Waals surface area contributed by atoms with Gasteiger partial charge in [0.25, 0.3) is 5.91 Å². The highest BCUT2D eigenvalue weighted by Gasteiger charge is 2.20. The van der Waals surface area contributed by atoms with Gasteiger partial charge in [0.2, 0.25) is 0 Å². The predicted octanol–water partition coefficient (Wildman–Crippen LogP) is 3.20. The Hall–Kier alpha value is -2.13. The van der Waals surface area contributed by atoms with Gasteiger partial charge in [-0.25, -0.2) is 0 Å². The molecule has 3 nitrogen and oxygen atoms in total. The molecule has 0 aliphatic heterocycles. The molecule has 2 aromatic rings. The van der Waals surface area contributed by atoms with Gasteiger partial charge in [-0.1, -0.05) is 62.4 Å². The summed E-state index contributed by atoms with van der Waals surface area (Å²) in [6.07, 6.45) is 0. The number of nitrogens with one attached hydrogen (secondary N) is 1. The lowest BCUT2D eigenvalue weighted by Crippen LogP contribution is -2.88. The van der Waals surface area contributed by atoms with Crippen LogP contribution in [-0.4, -0.2) is 12.5 Å². The highest BCUT2D eigenvalue weighted by atomic mass is 16.1. The van der Waals surface area contributed by atoms with Crippen LogP contribution < -0.4 is 10.6 Å². The summed E-state index contributed by atoms with van der Waals surface area (Å²) in [4.78, 5) is 12.3. The standard InChI is InChI=1S/C20H26N2O/c1-14(2)19(17-11-6-5-7-12-17)21-13-18(23)22-20-15(3)9-8-10-16(20)4/h5-12,14,19,21H,13H2,1-4H3,(H,22,23)/p+1/t19-/m0/s1. The minimum Gasteiger partial charge on any atom is -0.332 e. The molecule has 0 radical (unpaired) electrons. The lowest BCUT2D eigenvalue weighted by molar-refractivity contribution is -0.692. The van der Waals surface area contributed by atoms with Crippen LogP contribution in [0.15, 0.2) is 48.5 Å². The molecule has 2 rings (SSSR count). The van der Waals surface area contributed by atoms with E-state index in [1.165, 1.54) is 5.56 Å². The minimum atomic E-state index is 0.0454. The second-order valence-electron chi connectivity index (χ2n) is 6.44. The first kappa shape index (κ1) is 17.2. The van der Waals surface area contributed by atoms with Crippen LogP contribution in [0.1, 0.15) is 36.6 Å². The van der Waals surface area contributed by atoms with E-state index in [1.54, 1.807) is 0 Å². The first-order valence-electron chi connectivity index (χ1n) is 8.23. The Kier molecular flexibility index (Phi) is 5.94. The van der Waals surface area contributed by atoms with Crippen LogP contribution in [-0.2, 0) is 4.79 Å². The van der Waals surface area contributed by atoms with Crippen LogP contribution in [0.5, 0.6) is 0 Å². The summed E-state index contributed by atoms with van der Waals surface area (Å²) in [5.74, 6) is 0.509. The first-order valence-corrected chi connectivity index (χ1v) is 8.23. The number of benzene rings is 2. The Morgan fingerprint density at radius 1 is 1.00 bits per heavy atom. The van der Waals surface area contributed by atoms with Crippen LogP contribution in [0, 0.1) is 19.8 Å².